The minimum Gasteiger partial charge on any atom is -0.507 e. The first-order chi connectivity index (χ1) is 60.9. The lowest BCUT2D eigenvalue weighted by Gasteiger charge is -2.20. The maximum atomic E-state index is 13.4. The number of hydrogen-bond acceptors (Lipinski definition) is 25. The summed E-state index contributed by atoms with van der Waals surface area (Å²) in [6.45, 7) is 0.953. The van der Waals surface area contributed by atoms with Crippen molar-refractivity contribution in [2.24, 2.45) is 23.5 Å². The van der Waals surface area contributed by atoms with Crippen LogP contribution in [0.1, 0.15) is 113 Å². The van der Waals surface area contributed by atoms with E-state index in [1.165, 1.54) is 50.6 Å². The molecule has 0 unspecified atom stereocenters. The Morgan fingerprint density at radius 3 is 1.03 bits per heavy atom. The number of carbonyl (C=O) groups excluding carboxylic acids is 3. The highest BCUT2D eigenvalue weighted by molar-refractivity contribution is 9.69. The molecule has 0 radical (unpaired) electrons. The van der Waals surface area contributed by atoms with E-state index in [9.17, 15) is 99.9 Å². The van der Waals surface area contributed by atoms with E-state index in [2.05, 4.69) is 88.0 Å². The molecule has 0 saturated heterocycles. The van der Waals surface area contributed by atoms with Crippen LogP contribution in [0.25, 0.3) is 17.1 Å². The standard InChI is InChI=1S/C25H23Cl2F2N5O7S.C24H21Cl2F2N5O7S.C17H10Cl3F2N3O6S.C8H14N2O.BBr3.FH/c1-40-17-5-4-14(10-18(17)42(38,39)33-25(6-7-25)11-30-22(35)12-2-3-12)41-20-15(26)8-13(9-16(20)27)34-24(37)31-23(36)19(32-34)21(28)29;25-14-7-12(33-23(37)30-22(36)18(31-33)20(27)28)8-15(26)19(14)40-13-3-4-16(34)17(9-13)41(38,39)32-24(5-6-24)10-29-21(35)11-1-2-11;1-30-11-3-2-8(6-12(11)32(20,28)29)31-14-9(18)4-7(5-10(14)19)25-17(27)23-16(26)13(24-25)15(21)22;9-8(3-4-8)5-10-7(11)6-1-2-6;2-1(3)4;/h4-5,8-10,12,21,33H,2-3,6-7,11H2,1H3,(H,30,35)(H,31,36,37);3-4,7-9,11,20,32,34H,1-2,5-6,10H2,(H,29,35)(H,30,36,37);2-6,15H,1H3,(H,23,26,27);6H,1-5,9H2,(H,10,11);;1H. The summed E-state index contributed by atoms with van der Waals surface area (Å²) in [6.07, 6.45) is -0.112. The van der Waals surface area contributed by atoms with Crippen molar-refractivity contribution in [2.75, 3.05) is 33.9 Å². The van der Waals surface area contributed by atoms with Crippen LogP contribution in [0.15, 0.2) is 134 Å². The van der Waals surface area contributed by atoms with Crippen LogP contribution in [-0.4, -0.2) is 146 Å². The van der Waals surface area contributed by atoms with Gasteiger partial charge in [0.15, 0.2) is 34.3 Å². The molecule has 11 N–H and O–H groups in total. The Hall–Kier alpha value is -8.87. The highest BCUT2D eigenvalue weighted by Gasteiger charge is 2.49. The molecule has 0 aliphatic heterocycles. The monoisotopic (exact) mass is 2220 g/mol. The van der Waals surface area contributed by atoms with E-state index in [4.69, 9.17) is 110 Å². The third kappa shape index (κ3) is 27.5. The molecule has 6 aliphatic carbocycles. The quantitative estimate of drug-likeness (QED) is 0.0114. The molecule has 3 amide bonds. The first-order valence-electron chi connectivity index (χ1n) is 37.8. The fraction of sp³-hybridized carbons (Fsp3) is 0.351. The molecular weight excluding hydrogens is 2160 g/mol. The zero-order chi connectivity index (χ0) is 95.4. The number of phenols is 1. The minimum atomic E-state index is -4.27. The van der Waals surface area contributed by atoms with Crippen molar-refractivity contribution in [3.63, 3.8) is 0 Å². The van der Waals surface area contributed by atoms with E-state index in [0.29, 0.717) is 52.2 Å². The van der Waals surface area contributed by atoms with Gasteiger partial charge in [-0.2, -0.15) is 29.3 Å². The van der Waals surface area contributed by atoms with Crippen molar-refractivity contribution in [2.45, 2.75) is 128 Å². The Kier molecular flexibility index (Phi) is 34.0. The number of nitrogens with zero attached hydrogens (tertiary/aromatic N) is 6. The Balaban J connectivity index is 0.000000189. The number of nitrogens with one attached hydrogen (secondary N) is 8. The second kappa shape index (κ2) is 42.8. The Morgan fingerprint density at radius 1 is 0.481 bits per heavy atom. The molecule has 36 nitrogen and oxygen atoms in total. The number of aromatic hydroxyl groups is 1. The Labute approximate surface area is 794 Å². The van der Waals surface area contributed by atoms with Crippen LogP contribution in [0, 0.1) is 17.8 Å². The number of halogens is 17. The number of amides is 3. The van der Waals surface area contributed by atoms with Gasteiger partial charge in [-0.25, -0.2) is 75.4 Å². The number of hydrogen-bond donors (Lipinski definition) is 10. The zero-order valence-electron chi connectivity index (χ0n) is 66.9. The highest BCUT2D eigenvalue weighted by atomic mass is 79.9. The summed E-state index contributed by atoms with van der Waals surface area (Å²) in [5.41, 5.74) is -7.27. The number of ether oxygens (including phenoxy) is 5. The Bertz CT molecular complexity index is 6590. The van der Waals surface area contributed by atoms with Crippen LogP contribution >= 0.6 is 128 Å². The first kappa shape index (κ1) is 104. The van der Waals surface area contributed by atoms with Gasteiger partial charge in [0, 0.05) is 71.8 Å². The predicted molar refractivity (Wildman–Crippen MR) is 477 cm³/mol. The first-order valence-corrected chi connectivity index (χ1v) is 48.1. The van der Waals surface area contributed by atoms with Crippen molar-refractivity contribution < 1.29 is 99.5 Å². The molecule has 131 heavy (non-hydrogen) atoms. The second-order valence-electron chi connectivity index (χ2n) is 29.6. The molecule has 15 rings (SSSR count). The fourth-order valence-electron chi connectivity index (χ4n) is 11.7. The lowest BCUT2D eigenvalue weighted by atomic mass is 10.3. The van der Waals surface area contributed by atoms with Crippen LogP contribution in [0.2, 0.25) is 30.1 Å². The Morgan fingerprint density at radius 2 is 0.756 bits per heavy atom. The van der Waals surface area contributed by atoms with Crippen LogP contribution in [0.3, 0.4) is 0 Å². The molecule has 3 heterocycles. The number of nitrogens with two attached hydrogens (primary N) is 1. The summed E-state index contributed by atoms with van der Waals surface area (Å²) < 4.78 is 189. The molecule has 6 aliphatic rings. The van der Waals surface area contributed by atoms with E-state index >= 15 is 0 Å². The van der Waals surface area contributed by atoms with Crippen LogP contribution in [-0.2, 0) is 43.5 Å². The largest absolute Gasteiger partial charge is 0.507 e. The molecule has 0 bridgehead atoms. The van der Waals surface area contributed by atoms with E-state index in [1.54, 1.807) is 15.0 Å². The van der Waals surface area contributed by atoms with Gasteiger partial charge in [0.05, 0.1) is 72.5 Å². The average molecular weight is 2230 g/mol. The zero-order valence-corrected chi connectivity index (χ0v) is 79.4. The fourth-order valence-corrected chi connectivity index (χ4v) is 17.5. The van der Waals surface area contributed by atoms with Gasteiger partial charge in [-0.1, -0.05) is 69.6 Å². The van der Waals surface area contributed by atoms with Gasteiger partial charge in [-0.15, -0.1) is 47.3 Å². The number of methoxy groups -OCH3 is 2. The third-order valence-corrected chi connectivity index (χ3v) is 25.8. The van der Waals surface area contributed by atoms with Crippen molar-refractivity contribution in [3.05, 3.63) is 201 Å². The molecule has 6 fully saturated rings. The van der Waals surface area contributed by atoms with Gasteiger partial charge in [-0.05, 0) is 150 Å². The molecule has 57 heteroatoms. The number of sulfonamides is 2. The SMILES string of the molecule is BrB(Br)Br.COc1ccc(Oc2c(Cl)cc(-n3nc(C(F)F)c(=O)[nH]c3=O)cc2Cl)cc1S(=O)(=O)Cl.COc1ccc(Oc2c(Cl)cc(-n3nc(C(F)F)c(=O)[nH]c3=O)cc2Cl)cc1S(=O)(=O)NC1(CNC(=O)C2CC2)CC1.F.NC1(CNC(=O)C2CC2)CC1.O=C(NCC1(NS(=O)(=O)c2cc(Oc3c(Cl)cc(-n4nc(C(F)F)c(=O)[nH]c4=O)cc3Cl)ccc2O)CC1)C1CC1. The lowest BCUT2D eigenvalue weighted by Crippen LogP contribution is -2.46. The van der Waals surface area contributed by atoms with Gasteiger partial charge in [0.1, 0.15) is 49.2 Å². The maximum absolute atomic E-state index is 13.4. The summed E-state index contributed by atoms with van der Waals surface area (Å²) >= 11 is 46.9. The molecule has 3 aromatic heterocycles. The summed E-state index contributed by atoms with van der Waals surface area (Å²) in [5, 5.41) is 27.7. The van der Waals surface area contributed by atoms with Crippen molar-refractivity contribution in [1.82, 2.24) is 69.7 Å². The lowest BCUT2D eigenvalue weighted by molar-refractivity contribution is -0.123. The normalized spacial score (nSPS) is 15.3. The smallest absolute Gasteiger partial charge is 0.369 e. The maximum Gasteiger partial charge on any atom is 0.369 e. The number of alkyl halides is 6. The summed E-state index contributed by atoms with van der Waals surface area (Å²) in [5.74, 6) is -0.890. The molecule has 0 atom stereocenters. The molecule has 9 aromatic rings. The van der Waals surface area contributed by atoms with Crippen molar-refractivity contribution in [1.29, 1.82) is 0 Å². The number of benzene rings is 6. The van der Waals surface area contributed by atoms with E-state index in [0.717, 1.165) is 106 Å². The third-order valence-electron chi connectivity index (χ3n) is 19.5. The van der Waals surface area contributed by atoms with Crippen molar-refractivity contribution in [3.8, 4) is 68.8 Å². The van der Waals surface area contributed by atoms with Gasteiger partial charge in [0.2, 0.25) is 37.8 Å². The van der Waals surface area contributed by atoms with Crippen LogP contribution < -0.4 is 88.6 Å². The summed E-state index contributed by atoms with van der Waals surface area (Å²) in [7, 11) is -4.66. The average Bonchev–Trinajstić information content (AvgIpc) is 1.66. The number of rotatable bonds is 30. The van der Waals surface area contributed by atoms with Crippen LogP contribution in [0.4, 0.5) is 31.0 Å². The molecule has 6 saturated carbocycles. The second-order valence-corrected chi connectivity index (χ2v) is 44.4. The van der Waals surface area contributed by atoms with Gasteiger partial charge in [0.25, 0.3) is 45.0 Å². The topological polar surface area (TPSA) is 509 Å². The molecule has 6 aromatic carbocycles. The number of H-pyrrole nitrogens is 3. The van der Waals surface area contributed by atoms with Crippen LogP contribution in [0.5, 0.6) is 51.7 Å². The molecular formula is C74H69BBr3Cl7F7N15O21S3. The van der Waals surface area contributed by atoms with Gasteiger partial charge >= 0.3 is 20.3 Å². The number of aromatic amines is 3. The molecule has 0 spiro atoms. The summed E-state index contributed by atoms with van der Waals surface area (Å²) in [4.78, 5) is 110. The predicted octanol–water partition coefficient (Wildman–Crippen LogP) is 12.5. The summed E-state index contributed by atoms with van der Waals surface area (Å²) in [6, 6.07) is 17.8. The van der Waals surface area contributed by atoms with E-state index in [-0.39, 0.29) is 159 Å². The number of aromatic nitrogens is 9. The van der Waals surface area contributed by atoms with E-state index in [1.807, 2.05) is 0 Å². The number of phenolic OH excluding ortho intramolecular Hbond substituents is 1. The van der Waals surface area contributed by atoms with E-state index < -0.39 is 121 Å². The molecule has 706 valence electrons. The highest BCUT2D eigenvalue weighted by Crippen LogP contribution is 2.46. The minimum absolute atomic E-state index is 0. The van der Waals surface area contributed by atoms with Crippen molar-refractivity contribution >= 4 is 178 Å². The van der Waals surface area contributed by atoms with Gasteiger partial charge < -0.3 is 50.5 Å². The van der Waals surface area contributed by atoms with Gasteiger partial charge in [-0.3, -0.25) is 48.4 Å². The number of carbonyl (C=O) groups is 3.